The minimum Gasteiger partial charge on any atom is -0.309 e. The van der Waals surface area contributed by atoms with E-state index in [-0.39, 0.29) is 17.8 Å². The Morgan fingerprint density at radius 3 is 1.34 bits per heavy atom. The van der Waals surface area contributed by atoms with Crippen LogP contribution in [0.1, 0.15) is 97.2 Å². The number of hydrogen-bond donors (Lipinski definition) is 0. The second-order valence-corrected chi connectivity index (χ2v) is 24.1. The lowest BCUT2D eigenvalue weighted by Crippen LogP contribution is -2.19. The van der Waals surface area contributed by atoms with Crippen molar-refractivity contribution in [3.63, 3.8) is 0 Å². The van der Waals surface area contributed by atoms with Gasteiger partial charge in [-0.05, 0) is 170 Å². The lowest BCUT2D eigenvalue weighted by molar-refractivity contribution is -0.138. The topological polar surface area (TPSA) is 14.8 Å². The first-order chi connectivity index (χ1) is 42.1. The Hall–Kier alpha value is -9.60. The highest BCUT2D eigenvalue weighted by molar-refractivity contribution is 6.26. The number of nitrogens with zero attached hydrogens (tertiary/aromatic N) is 3. The van der Waals surface area contributed by atoms with Gasteiger partial charge in [0, 0.05) is 43.7 Å². The molecule has 1 aliphatic rings. The van der Waals surface area contributed by atoms with Crippen molar-refractivity contribution in [2.45, 2.75) is 77.1 Å². The predicted octanol–water partition coefficient (Wildman–Crippen LogP) is 22.7. The number of benzene rings is 11. The van der Waals surface area contributed by atoms with Gasteiger partial charge in [-0.3, -0.25) is 0 Å². The molecule has 0 saturated heterocycles. The zero-order chi connectivity index (χ0) is 59.8. The number of alkyl halides is 6. The van der Waals surface area contributed by atoms with Crippen LogP contribution in [-0.4, -0.2) is 13.7 Å². The summed E-state index contributed by atoms with van der Waals surface area (Å²) in [5.74, 6) is -1.19. The molecule has 0 amide bonds. The van der Waals surface area contributed by atoms with Gasteiger partial charge in [-0.15, -0.1) is 0 Å². The third kappa shape index (κ3) is 8.40. The predicted molar refractivity (Wildman–Crippen MR) is 345 cm³/mol. The Morgan fingerprint density at radius 1 is 0.391 bits per heavy atom. The third-order valence-corrected chi connectivity index (χ3v) is 18.6. The van der Waals surface area contributed by atoms with Crippen molar-refractivity contribution in [3.05, 3.63) is 269 Å². The maximum atomic E-state index is 15.0. The summed E-state index contributed by atoms with van der Waals surface area (Å²) < 4.78 is 96.9. The molecule has 14 aromatic rings. The van der Waals surface area contributed by atoms with E-state index in [4.69, 9.17) is 0 Å². The average Bonchev–Trinajstić information content (AvgIpc) is 1.66. The molecule has 87 heavy (non-hydrogen) atoms. The number of halogens is 6. The molecule has 3 nitrogen and oxygen atoms in total. The van der Waals surface area contributed by atoms with Gasteiger partial charge in [0.2, 0.25) is 0 Å². The van der Waals surface area contributed by atoms with Crippen molar-refractivity contribution in [1.82, 2.24) is 13.7 Å². The second-order valence-electron chi connectivity index (χ2n) is 24.1. The van der Waals surface area contributed by atoms with E-state index in [0.29, 0.717) is 17.5 Å². The Balaban J connectivity index is 1.16. The first-order valence-corrected chi connectivity index (χ1v) is 29.9. The molecule has 0 aliphatic heterocycles. The Bertz CT molecular complexity index is 4950. The summed E-state index contributed by atoms with van der Waals surface area (Å²) in [7, 11) is 0. The molecule has 9 heteroatoms. The van der Waals surface area contributed by atoms with E-state index in [1.807, 2.05) is 42.5 Å². The van der Waals surface area contributed by atoms with Crippen LogP contribution < -0.4 is 0 Å². The van der Waals surface area contributed by atoms with Gasteiger partial charge in [0.05, 0.1) is 49.9 Å². The van der Waals surface area contributed by atoms with Gasteiger partial charge in [0.15, 0.2) is 0 Å². The van der Waals surface area contributed by atoms with Crippen LogP contribution >= 0.6 is 0 Å². The van der Waals surface area contributed by atoms with Gasteiger partial charge in [-0.25, -0.2) is 0 Å². The minimum atomic E-state index is -4.62. The van der Waals surface area contributed by atoms with Crippen LogP contribution in [0.3, 0.4) is 0 Å². The van der Waals surface area contributed by atoms with Crippen LogP contribution in [0.2, 0.25) is 0 Å². The van der Waals surface area contributed by atoms with Crippen LogP contribution in [0, 0.1) is 0 Å². The molecule has 0 fully saturated rings. The first-order valence-electron chi connectivity index (χ1n) is 29.9. The summed E-state index contributed by atoms with van der Waals surface area (Å²) in [6.45, 7) is 11.0. The molecule has 15 rings (SSSR count). The quantitative estimate of drug-likeness (QED) is 0.135. The summed E-state index contributed by atoms with van der Waals surface area (Å²) in [4.78, 5) is 0. The molecule has 428 valence electrons. The van der Waals surface area contributed by atoms with Gasteiger partial charge in [0.25, 0.3) is 0 Å². The minimum absolute atomic E-state index is 0.240. The van der Waals surface area contributed by atoms with Crippen molar-refractivity contribution in [2.75, 3.05) is 0 Å². The number of aromatic nitrogens is 3. The van der Waals surface area contributed by atoms with Gasteiger partial charge in [-0.2, -0.15) is 26.3 Å². The maximum Gasteiger partial charge on any atom is 0.416 e. The first kappa shape index (κ1) is 54.1. The Morgan fingerprint density at radius 2 is 0.828 bits per heavy atom. The van der Waals surface area contributed by atoms with Crippen molar-refractivity contribution < 1.29 is 26.3 Å². The SMILES string of the molecule is CC(C)c1c(-c2ccc(C(F)(F)F)cc2)c(C2Cc3c(ccc4c3c3ccccc3n4-c3ccccc3)-c3ccccc3C2C)c(-c2ccc(C(F)(F)F)cc2)c(C(C)C)c1-n1c2ccccc2c2ccc3c(c4ccccc4n3-c3ccccc3)c21. The normalized spacial score (nSPS) is 14.8. The molecular weight excluding hydrogens is 1090 g/mol. The largest absolute Gasteiger partial charge is 0.416 e. The highest BCUT2D eigenvalue weighted by Crippen LogP contribution is 2.58. The average molecular weight is 1150 g/mol. The molecule has 11 aromatic carbocycles. The van der Waals surface area contributed by atoms with Crippen LogP contribution in [0.4, 0.5) is 26.3 Å². The summed E-state index contributed by atoms with van der Waals surface area (Å²) in [6.07, 6.45) is -8.77. The lowest BCUT2D eigenvalue weighted by Gasteiger charge is -2.36. The fraction of sp³-hybridized carbons (Fsp3) is 0.154. The summed E-state index contributed by atoms with van der Waals surface area (Å²) in [6, 6.07) is 74.7. The van der Waals surface area contributed by atoms with Crippen LogP contribution in [0.15, 0.2) is 231 Å². The number of fused-ring (bicyclic) bond motifs is 14. The zero-order valence-corrected chi connectivity index (χ0v) is 48.6. The maximum absolute atomic E-state index is 15.0. The molecule has 3 aromatic heterocycles. The van der Waals surface area contributed by atoms with Crippen LogP contribution in [0.25, 0.3) is 116 Å². The third-order valence-electron chi connectivity index (χ3n) is 18.6. The molecule has 3 heterocycles. The van der Waals surface area contributed by atoms with Gasteiger partial charge in [0.1, 0.15) is 0 Å². The fourth-order valence-corrected chi connectivity index (χ4v) is 15.0. The van der Waals surface area contributed by atoms with Crippen LogP contribution in [0.5, 0.6) is 0 Å². The van der Waals surface area contributed by atoms with Crippen molar-refractivity contribution in [3.8, 4) is 50.4 Å². The summed E-state index contributed by atoms with van der Waals surface area (Å²) in [5.41, 5.74) is 17.1. The number of hydrogen-bond acceptors (Lipinski definition) is 0. The van der Waals surface area contributed by atoms with Gasteiger partial charge >= 0.3 is 12.4 Å². The highest BCUT2D eigenvalue weighted by Gasteiger charge is 2.40. The lowest BCUT2D eigenvalue weighted by atomic mass is 9.69. The molecule has 2 atom stereocenters. The van der Waals surface area contributed by atoms with E-state index in [2.05, 4.69) is 188 Å². The molecule has 1 aliphatic carbocycles. The highest BCUT2D eigenvalue weighted by atomic mass is 19.4. The summed E-state index contributed by atoms with van der Waals surface area (Å²) in [5, 5.41) is 6.26. The van der Waals surface area contributed by atoms with E-state index in [1.54, 1.807) is 24.3 Å². The van der Waals surface area contributed by atoms with Gasteiger partial charge < -0.3 is 13.7 Å². The van der Waals surface area contributed by atoms with Crippen LogP contribution in [-0.2, 0) is 18.8 Å². The zero-order valence-electron chi connectivity index (χ0n) is 48.6. The molecular formula is C78H59F6N3. The standard InChI is InChI=1S/C78H59F6N3/c1-45(2)68-70(48-32-36-50(37-33-48)77(79,80)81)74(61-44-62-56(55-25-13-12-24-54(55)47(61)5)40-42-66-72(62)59-27-15-18-30-64(59)85(66)52-20-8-6-9-21-52)71(49-34-38-51(39-35-49)78(82,83)84)69(46(3)4)76(68)87-63-29-17-14-26-57(63)58-41-43-67-73(75(58)87)60-28-16-19-31-65(60)86(67)53-22-10-7-11-23-53/h6-43,45-47,61H,44H2,1-5H3. The summed E-state index contributed by atoms with van der Waals surface area (Å²) >= 11 is 0. The molecule has 0 N–H and O–H groups in total. The monoisotopic (exact) mass is 1150 g/mol. The van der Waals surface area contributed by atoms with E-state index < -0.39 is 29.4 Å². The van der Waals surface area contributed by atoms with E-state index in [9.17, 15) is 26.3 Å². The molecule has 0 saturated carbocycles. The Kier molecular flexibility index (Phi) is 12.6. The van der Waals surface area contributed by atoms with Crippen molar-refractivity contribution >= 4 is 65.4 Å². The molecule has 0 bridgehead atoms. The molecule has 0 spiro atoms. The number of para-hydroxylation sites is 5. The second kappa shape index (κ2) is 20.3. The van der Waals surface area contributed by atoms with Crippen molar-refractivity contribution in [1.29, 1.82) is 0 Å². The van der Waals surface area contributed by atoms with E-state index in [1.165, 1.54) is 24.3 Å². The smallest absolute Gasteiger partial charge is 0.309 e. The fourth-order valence-electron chi connectivity index (χ4n) is 15.0. The molecule has 2 unspecified atom stereocenters. The van der Waals surface area contributed by atoms with E-state index in [0.717, 1.165) is 133 Å². The van der Waals surface area contributed by atoms with Crippen molar-refractivity contribution in [2.24, 2.45) is 0 Å². The van der Waals surface area contributed by atoms with E-state index >= 15 is 0 Å². The number of rotatable bonds is 8. The Labute approximate surface area is 500 Å². The molecule has 0 radical (unpaired) electrons. The van der Waals surface area contributed by atoms with Gasteiger partial charge in [-0.1, -0.05) is 186 Å².